The molecule has 0 aromatic heterocycles. The van der Waals surface area contributed by atoms with E-state index in [0.717, 1.165) is 16.7 Å². The van der Waals surface area contributed by atoms with E-state index in [1.54, 1.807) is 12.1 Å². The second kappa shape index (κ2) is 14.1. The van der Waals surface area contributed by atoms with Crippen LogP contribution in [0.15, 0.2) is 84.9 Å². The quantitative estimate of drug-likeness (QED) is 0.240. The lowest BCUT2D eigenvalue weighted by Crippen LogP contribution is -2.44. The van der Waals surface area contributed by atoms with Crippen LogP contribution in [0, 0.1) is 0 Å². The van der Waals surface area contributed by atoms with Crippen LogP contribution in [-0.2, 0) is 20.5 Å². The molecule has 0 bridgehead atoms. The van der Waals surface area contributed by atoms with Gasteiger partial charge in [-0.1, -0.05) is 123 Å². The first kappa shape index (κ1) is 35.4. The number of benzene rings is 3. The average Bonchev–Trinajstić information content (AvgIpc) is 2.80. The van der Waals surface area contributed by atoms with Gasteiger partial charge in [0, 0.05) is 0 Å². The number of alkyl halides is 1. The molecule has 1 atom stereocenters. The van der Waals surface area contributed by atoms with Crippen molar-refractivity contribution in [2.24, 2.45) is 0 Å². The summed E-state index contributed by atoms with van der Waals surface area (Å²) >= 11 is 7.00. The van der Waals surface area contributed by atoms with E-state index in [-0.39, 0.29) is 35.5 Å². The molecule has 1 unspecified atom stereocenters. The first-order chi connectivity index (χ1) is 15.1. The van der Waals surface area contributed by atoms with Crippen molar-refractivity contribution in [1.82, 2.24) is 0 Å². The van der Waals surface area contributed by atoms with Gasteiger partial charge in [-0.25, -0.2) is 0 Å². The van der Waals surface area contributed by atoms with Crippen LogP contribution in [0.25, 0.3) is 0 Å². The zero-order valence-electron chi connectivity index (χ0n) is 19.1. The van der Waals surface area contributed by atoms with Crippen molar-refractivity contribution in [3.05, 3.63) is 102 Å². The van der Waals surface area contributed by atoms with Gasteiger partial charge in [0.15, 0.2) is 5.60 Å². The summed E-state index contributed by atoms with van der Waals surface area (Å²) in [6.45, 7) is 7.91. The molecule has 0 aliphatic carbocycles. The highest BCUT2D eigenvalue weighted by atomic mass is 35.5. The molecule has 0 saturated heterocycles. The molecule has 0 spiro atoms. The SMILES string of the molecule is C.C.C.C.CCC(Cl)(CC(C)(C)c1ccc(O)cc1)C(=O)OC(C)(c1ccccc1)c1ccccc1. The predicted octanol–water partition coefficient (Wildman–Crippen LogP) is 9.50. The first-order valence-electron chi connectivity index (χ1n) is 10.9. The predicted molar refractivity (Wildman–Crippen MR) is 157 cm³/mol. The molecule has 1 N–H and O–H groups in total. The highest BCUT2D eigenvalue weighted by molar-refractivity contribution is 6.34. The number of phenolic OH excluding ortho intramolecular Hbond substituents is 1. The summed E-state index contributed by atoms with van der Waals surface area (Å²) in [7, 11) is 0. The van der Waals surface area contributed by atoms with Crippen LogP contribution in [0.5, 0.6) is 5.75 Å². The molecule has 0 amide bonds. The molecule has 0 aliphatic heterocycles. The molecule has 0 radical (unpaired) electrons. The Balaban J connectivity index is 0. The number of phenols is 1. The third kappa shape index (κ3) is 7.61. The Bertz CT molecular complexity index is 991. The van der Waals surface area contributed by atoms with E-state index in [1.165, 1.54) is 0 Å². The molecule has 36 heavy (non-hydrogen) atoms. The van der Waals surface area contributed by atoms with Crippen molar-refractivity contribution in [1.29, 1.82) is 0 Å². The molecule has 0 heterocycles. The Labute approximate surface area is 225 Å². The van der Waals surface area contributed by atoms with Gasteiger partial charge in [0.25, 0.3) is 0 Å². The number of esters is 1. The number of carbonyl (C=O) groups excluding carboxylic acids is 1. The zero-order valence-corrected chi connectivity index (χ0v) is 19.9. The lowest BCUT2D eigenvalue weighted by atomic mass is 9.76. The van der Waals surface area contributed by atoms with Crippen LogP contribution in [0.3, 0.4) is 0 Å². The smallest absolute Gasteiger partial charge is 0.328 e. The molecule has 0 aliphatic rings. The lowest BCUT2D eigenvalue weighted by molar-refractivity contribution is -0.159. The van der Waals surface area contributed by atoms with Crippen LogP contribution in [-0.4, -0.2) is 16.0 Å². The van der Waals surface area contributed by atoms with Gasteiger partial charge in [-0.3, -0.25) is 4.79 Å². The fourth-order valence-corrected chi connectivity index (χ4v) is 4.50. The number of halogens is 1. The fraction of sp³-hybridized carbons (Fsp3) is 0.406. The first-order valence-corrected chi connectivity index (χ1v) is 11.3. The molecule has 4 heteroatoms. The second-order valence-electron chi connectivity index (χ2n) is 9.08. The Morgan fingerprint density at radius 3 is 1.56 bits per heavy atom. The van der Waals surface area contributed by atoms with Crippen molar-refractivity contribution in [2.45, 2.75) is 86.1 Å². The minimum absolute atomic E-state index is 0. The number of rotatable bonds is 8. The number of aromatic hydroxyl groups is 1. The zero-order chi connectivity index (χ0) is 23.4. The monoisotopic (exact) mass is 514 g/mol. The highest BCUT2D eigenvalue weighted by Gasteiger charge is 2.45. The van der Waals surface area contributed by atoms with Gasteiger partial charge in [-0.15, -0.1) is 11.6 Å². The van der Waals surface area contributed by atoms with Crippen molar-refractivity contribution >= 4 is 17.6 Å². The minimum atomic E-state index is -1.20. The summed E-state index contributed by atoms with van der Waals surface area (Å²) in [6, 6.07) is 26.5. The third-order valence-electron chi connectivity index (χ3n) is 6.24. The summed E-state index contributed by atoms with van der Waals surface area (Å²) in [5.41, 5.74) is 1.38. The maximum absolute atomic E-state index is 13.6. The molecule has 0 saturated carbocycles. The Morgan fingerprint density at radius 1 is 0.750 bits per heavy atom. The second-order valence-corrected chi connectivity index (χ2v) is 9.80. The Morgan fingerprint density at radius 2 is 1.17 bits per heavy atom. The molecule has 3 rings (SSSR count). The Hall–Kier alpha value is -2.78. The van der Waals surface area contributed by atoms with Gasteiger partial charge < -0.3 is 9.84 Å². The van der Waals surface area contributed by atoms with E-state index in [1.807, 2.05) is 100 Å². The largest absolute Gasteiger partial charge is 0.508 e. The molecule has 200 valence electrons. The molecule has 3 aromatic carbocycles. The van der Waals surface area contributed by atoms with Gasteiger partial charge >= 0.3 is 5.97 Å². The van der Waals surface area contributed by atoms with Crippen LogP contribution in [0.4, 0.5) is 0 Å². The van der Waals surface area contributed by atoms with E-state index in [0.29, 0.717) is 12.8 Å². The van der Waals surface area contributed by atoms with Gasteiger partial charge in [0.2, 0.25) is 0 Å². The van der Waals surface area contributed by atoms with E-state index in [4.69, 9.17) is 16.3 Å². The number of carbonyl (C=O) groups is 1. The normalized spacial score (nSPS) is 12.4. The minimum Gasteiger partial charge on any atom is -0.508 e. The van der Waals surface area contributed by atoms with Crippen LogP contribution in [0.2, 0.25) is 0 Å². The summed E-state index contributed by atoms with van der Waals surface area (Å²) in [4.78, 5) is 12.4. The summed E-state index contributed by atoms with van der Waals surface area (Å²) in [5.74, 6) is -0.234. The van der Waals surface area contributed by atoms with Crippen molar-refractivity contribution in [3.8, 4) is 5.75 Å². The fourth-order valence-electron chi connectivity index (χ4n) is 4.13. The van der Waals surface area contributed by atoms with Crippen molar-refractivity contribution in [3.63, 3.8) is 0 Å². The van der Waals surface area contributed by atoms with E-state index < -0.39 is 21.9 Å². The number of hydrogen-bond acceptors (Lipinski definition) is 3. The van der Waals surface area contributed by atoms with Crippen LogP contribution in [0.1, 0.15) is 86.9 Å². The molecular weight excluding hydrogens is 468 g/mol. The summed E-state index contributed by atoms with van der Waals surface area (Å²) < 4.78 is 6.26. The maximum Gasteiger partial charge on any atom is 0.328 e. The van der Waals surface area contributed by atoms with Gasteiger partial charge in [0.05, 0.1) is 0 Å². The topological polar surface area (TPSA) is 46.5 Å². The molecule has 0 fully saturated rings. The maximum atomic E-state index is 13.6. The number of ether oxygens (including phenoxy) is 1. The van der Waals surface area contributed by atoms with E-state index >= 15 is 0 Å². The van der Waals surface area contributed by atoms with Gasteiger partial charge in [-0.2, -0.15) is 0 Å². The lowest BCUT2D eigenvalue weighted by Gasteiger charge is -2.38. The molecular formula is C32H47ClO3. The van der Waals surface area contributed by atoms with Crippen molar-refractivity contribution < 1.29 is 14.6 Å². The van der Waals surface area contributed by atoms with Crippen LogP contribution < -0.4 is 0 Å². The Kier molecular flexibility index (Phi) is 13.8. The molecule has 3 nitrogen and oxygen atoms in total. The third-order valence-corrected chi connectivity index (χ3v) is 6.80. The van der Waals surface area contributed by atoms with Crippen LogP contribution >= 0.6 is 11.6 Å². The highest BCUT2D eigenvalue weighted by Crippen LogP contribution is 2.42. The van der Waals surface area contributed by atoms with E-state index in [2.05, 4.69) is 0 Å². The average molecular weight is 515 g/mol. The standard InChI is InChI=1S/C28H31ClO3.4CH4/c1-5-28(29,20-26(2,3)21-16-18-24(30)19-17-21)25(31)32-27(4,22-12-8-6-9-13-22)23-14-10-7-11-15-23;;;;/h6-19,30H,5,20H2,1-4H3;4*1H4. The number of hydrogen-bond donors (Lipinski definition) is 1. The summed E-state index contributed by atoms with van der Waals surface area (Å²) in [5, 5.41) is 9.63. The van der Waals surface area contributed by atoms with Gasteiger partial charge in [-0.05, 0) is 54.0 Å². The molecule has 3 aromatic rings. The summed E-state index contributed by atoms with van der Waals surface area (Å²) in [6.07, 6.45) is 0.815. The van der Waals surface area contributed by atoms with Gasteiger partial charge in [0.1, 0.15) is 10.6 Å². The van der Waals surface area contributed by atoms with Crippen molar-refractivity contribution in [2.75, 3.05) is 0 Å². The van der Waals surface area contributed by atoms with E-state index in [9.17, 15) is 9.90 Å².